The third-order valence-corrected chi connectivity index (χ3v) is 2.31. The van der Waals surface area contributed by atoms with Gasteiger partial charge in [0.05, 0.1) is 0 Å². The van der Waals surface area contributed by atoms with Crippen molar-refractivity contribution in [2.75, 3.05) is 41.3 Å². The maximum Gasteiger partial charge on any atom is 4.00 e. The van der Waals surface area contributed by atoms with Gasteiger partial charge in [-0.1, -0.05) is 32.8 Å². The predicted molar refractivity (Wildman–Crippen MR) is 104 cm³/mol. The van der Waals surface area contributed by atoms with Crippen molar-refractivity contribution < 1.29 is 21.7 Å². The van der Waals surface area contributed by atoms with E-state index in [0.29, 0.717) is 0 Å². The van der Waals surface area contributed by atoms with Crippen molar-refractivity contribution in [2.24, 2.45) is 0 Å². The fourth-order valence-electron chi connectivity index (χ4n) is 1.50. The quantitative estimate of drug-likeness (QED) is 0.370. The van der Waals surface area contributed by atoms with Crippen molar-refractivity contribution in [1.29, 1.82) is 0 Å². The summed E-state index contributed by atoms with van der Waals surface area (Å²) >= 11 is 0. The Morgan fingerprint density at radius 3 is 1.74 bits per heavy atom. The average Bonchev–Trinajstić information content (AvgIpc) is 2.99. The minimum Gasteiger partial charge on any atom is -0.668 e. The van der Waals surface area contributed by atoms with Crippen LogP contribution in [-0.2, 0) is 21.7 Å². The second-order valence-corrected chi connectivity index (χ2v) is 4.72. The van der Waals surface area contributed by atoms with Crippen LogP contribution in [0.2, 0.25) is 0 Å². The van der Waals surface area contributed by atoms with Crippen LogP contribution in [0.1, 0.15) is 26.7 Å². The molecule has 2 aromatic carbocycles. The minimum atomic E-state index is 0. The first-order valence-electron chi connectivity index (χ1n) is 7.91. The van der Waals surface area contributed by atoms with Gasteiger partial charge in [-0.2, -0.15) is 45.7 Å². The van der Waals surface area contributed by atoms with E-state index in [-0.39, 0.29) is 21.7 Å². The first kappa shape index (κ1) is 27.3. The molecule has 0 aromatic heterocycles. The van der Waals surface area contributed by atoms with Gasteiger partial charge in [-0.15, -0.1) is 42.7 Å². The van der Waals surface area contributed by atoms with E-state index in [1.165, 1.54) is 23.6 Å². The Labute approximate surface area is 158 Å². The van der Waals surface area contributed by atoms with Crippen LogP contribution >= 0.6 is 0 Å². The van der Waals surface area contributed by atoms with Crippen LogP contribution in [0.3, 0.4) is 0 Å². The average molecular weight is 351 g/mol. The molecule has 0 saturated carbocycles. The topological polar surface area (TPSA) is 42.3 Å². The van der Waals surface area contributed by atoms with Gasteiger partial charge in [0, 0.05) is 0 Å². The molecule has 3 nitrogen and oxygen atoms in total. The van der Waals surface area contributed by atoms with E-state index in [1.54, 1.807) is 28.2 Å². The Morgan fingerprint density at radius 2 is 1.30 bits per heavy atom. The van der Waals surface area contributed by atoms with Gasteiger partial charge < -0.3 is 16.0 Å². The van der Waals surface area contributed by atoms with E-state index in [0.717, 1.165) is 13.1 Å². The standard InChI is InChI=1S/C9H7.C6H14N.2C2H6N.Ti/c1-2-5-9-7-3-6-8(9)4-1;1-3-5-7-6-4-2;2*1-3-2;/h1-7H;3-6H2,1-2H3;2*1-2H3;/q4*-1;+4. The molecule has 4 heteroatoms. The van der Waals surface area contributed by atoms with Crippen molar-refractivity contribution >= 4 is 10.8 Å². The van der Waals surface area contributed by atoms with Gasteiger partial charge in [0.15, 0.2) is 0 Å². The number of hydrogen-bond donors (Lipinski definition) is 0. The molecule has 0 aliphatic rings. The summed E-state index contributed by atoms with van der Waals surface area (Å²) in [5, 5.41) is 13.9. The van der Waals surface area contributed by atoms with E-state index in [1.807, 2.05) is 0 Å². The van der Waals surface area contributed by atoms with Crippen LogP contribution in [0, 0.1) is 0 Å². The summed E-state index contributed by atoms with van der Waals surface area (Å²) in [4.78, 5) is 0. The van der Waals surface area contributed by atoms with Crippen molar-refractivity contribution in [2.45, 2.75) is 26.7 Å². The third-order valence-electron chi connectivity index (χ3n) is 2.31. The summed E-state index contributed by atoms with van der Waals surface area (Å²) in [5.74, 6) is 0. The molecule has 0 aliphatic heterocycles. The molecule has 0 unspecified atom stereocenters. The van der Waals surface area contributed by atoms with Gasteiger partial charge in [-0.05, 0) is 0 Å². The second kappa shape index (κ2) is 23.7. The Hall–Kier alpha value is -0.576. The fraction of sp³-hybridized carbons (Fsp3) is 0.526. The smallest absolute Gasteiger partial charge is 0.668 e. The van der Waals surface area contributed by atoms with Gasteiger partial charge >= 0.3 is 21.7 Å². The molecule has 23 heavy (non-hydrogen) atoms. The molecule has 0 radical (unpaired) electrons. The molecule has 0 fully saturated rings. The monoisotopic (exact) mass is 351 g/mol. The predicted octanol–water partition coefficient (Wildman–Crippen LogP) is 5.98. The van der Waals surface area contributed by atoms with Crippen LogP contribution in [0.4, 0.5) is 0 Å². The van der Waals surface area contributed by atoms with Crippen LogP contribution in [0.15, 0.2) is 42.5 Å². The summed E-state index contributed by atoms with van der Waals surface area (Å²) in [7, 11) is 7.00. The molecular formula is C19H33N3Ti. The number of fused-ring (bicyclic) bond motifs is 1. The van der Waals surface area contributed by atoms with E-state index in [2.05, 4.69) is 72.3 Å². The molecule has 0 bridgehead atoms. The molecule has 0 atom stereocenters. The first-order valence-corrected chi connectivity index (χ1v) is 7.91. The zero-order valence-corrected chi connectivity index (χ0v) is 17.3. The second-order valence-electron chi connectivity index (χ2n) is 4.72. The third kappa shape index (κ3) is 19.4. The Balaban J connectivity index is -0.000000258. The molecule has 0 saturated heterocycles. The van der Waals surface area contributed by atoms with Crippen LogP contribution in [-0.4, -0.2) is 41.3 Å². The number of rotatable bonds is 4. The molecule has 2 aromatic rings. The van der Waals surface area contributed by atoms with Crippen LogP contribution in [0.25, 0.3) is 26.7 Å². The SMILES string of the molecule is CCC[N-]CCC.C[N-]C.C[N-]C.[Ti+4].c1ccc2[cH-]ccc2c1. The van der Waals surface area contributed by atoms with Gasteiger partial charge in [-0.25, -0.2) is 0 Å². The molecule has 0 heterocycles. The van der Waals surface area contributed by atoms with E-state index in [9.17, 15) is 0 Å². The van der Waals surface area contributed by atoms with E-state index in [4.69, 9.17) is 0 Å². The molecule has 0 aliphatic carbocycles. The molecule has 0 amide bonds. The Morgan fingerprint density at radius 1 is 0.826 bits per heavy atom. The maximum atomic E-state index is 4.21. The van der Waals surface area contributed by atoms with Crippen LogP contribution in [0.5, 0.6) is 0 Å². The summed E-state index contributed by atoms with van der Waals surface area (Å²) < 4.78 is 0. The van der Waals surface area contributed by atoms with Crippen molar-refractivity contribution in [3.05, 3.63) is 58.4 Å². The number of nitrogens with zero attached hydrogens (tertiary/aromatic N) is 3. The zero-order chi connectivity index (χ0) is 17.1. The summed E-state index contributed by atoms with van der Waals surface area (Å²) in [5.41, 5.74) is 0. The number of benzene rings is 1. The van der Waals surface area contributed by atoms with Crippen molar-refractivity contribution in [3.8, 4) is 0 Å². The van der Waals surface area contributed by atoms with Gasteiger partial charge in [-0.3, -0.25) is 0 Å². The molecule has 2 rings (SSSR count). The van der Waals surface area contributed by atoms with E-state index >= 15 is 0 Å². The van der Waals surface area contributed by atoms with Crippen molar-refractivity contribution in [3.63, 3.8) is 0 Å². The first-order chi connectivity index (χ1) is 10.7. The molecule has 128 valence electrons. The fourth-order valence-corrected chi connectivity index (χ4v) is 1.50. The summed E-state index contributed by atoms with van der Waals surface area (Å²) in [6.07, 6.45) is 2.39. The largest absolute Gasteiger partial charge is 4.00 e. The van der Waals surface area contributed by atoms with Gasteiger partial charge in [0.25, 0.3) is 0 Å². The summed E-state index contributed by atoms with van der Waals surface area (Å²) in [6.45, 7) is 6.40. The molecular weight excluding hydrogens is 318 g/mol. The zero-order valence-electron chi connectivity index (χ0n) is 15.7. The maximum absolute atomic E-state index is 4.21. The number of hydrogen-bond acceptors (Lipinski definition) is 0. The van der Waals surface area contributed by atoms with Crippen LogP contribution < -0.4 is 0 Å². The molecule has 0 N–H and O–H groups in total. The van der Waals surface area contributed by atoms with E-state index < -0.39 is 0 Å². The Kier molecular flexibility index (Phi) is 28.1. The van der Waals surface area contributed by atoms with Gasteiger partial charge in [0.2, 0.25) is 0 Å². The summed E-state index contributed by atoms with van der Waals surface area (Å²) in [6, 6.07) is 14.7. The van der Waals surface area contributed by atoms with Crippen molar-refractivity contribution in [1.82, 2.24) is 0 Å². The minimum absolute atomic E-state index is 0. The normalized spacial score (nSPS) is 8.43. The molecule has 0 spiro atoms. The van der Waals surface area contributed by atoms with Gasteiger partial charge in [0.1, 0.15) is 0 Å². The Bertz CT molecular complexity index is 379.